The van der Waals surface area contributed by atoms with Gasteiger partial charge in [-0.15, -0.1) is 0 Å². The van der Waals surface area contributed by atoms with Crippen molar-refractivity contribution >= 4 is 15.6 Å². The molecule has 1 heterocycles. The fourth-order valence-electron chi connectivity index (χ4n) is 2.42. The van der Waals surface area contributed by atoms with Crippen LogP contribution in [-0.2, 0) is 19.4 Å². The number of carbonyl (C=O) groups is 1. The van der Waals surface area contributed by atoms with Crippen molar-refractivity contribution < 1.29 is 17.9 Å². The first-order valence-electron chi connectivity index (χ1n) is 5.34. The summed E-state index contributed by atoms with van der Waals surface area (Å²) in [6.07, 6.45) is 1.66. The summed E-state index contributed by atoms with van der Waals surface area (Å²) in [5, 5.41) is 0. The van der Waals surface area contributed by atoms with Gasteiger partial charge in [0.15, 0.2) is 15.6 Å². The van der Waals surface area contributed by atoms with Gasteiger partial charge in [-0.3, -0.25) is 4.79 Å². The minimum atomic E-state index is -3.25. The van der Waals surface area contributed by atoms with Gasteiger partial charge in [-0.2, -0.15) is 0 Å². The lowest BCUT2D eigenvalue weighted by molar-refractivity contribution is -0.126. The number of sulfone groups is 1. The van der Waals surface area contributed by atoms with E-state index in [-0.39, 0.29) is 23.1 Å². The van der Waals surface area contributed by atoms with E-state index < -0.39 is 15.4 Å². The van der Waals surface area contributed by atoms with Gasteiger partial charge in [0.05, 0.1) is 11.2 Å². The largest absolute Gasteiger partial charge is 0.369 e. The van der Waals surface area contributed by atoms with Crippen LogP contribution in [0.25, 0.3) is 0 Å². The Kier molecular flexibility index (Phi) is 3.25. The maximum Gasteiger partial charge on any atom is 0.154 e. The van der Waals surface area contributed by atoms with Crippen LogP contribution in [0.1, 0.15) is 34.1 Å². The maximum atomic E-state index is 11.9. The molecule has 1 saturated heterocycles. The zero-order valence-corrected chi connectivity index (χ0v) is 11.3. The lowest BCUT2D eigenvalue weighted by Gasteiger charge is -2.26. The molecule has 94 valence electrons. The van der Waals surface area contributed by atoms with E-state index in [1.165, 1.54) is 0 Å². The van der Waals surface area contributed by atoms with Crippen molar-refractivity contribution in [3.8, 4) is 0 Å². The van der Waals surface area contributed by atoms with Gasteiger partial charge in [-0.25, -0.2) is 8.42 Å². The first kappa shape index (κ1) is 13.6. The molecular formula is C11H20O4S. The molecule has 5 heteroatoms. The number of rotatable bonds is 3. The first-order valence-corrected chi connectivity index (χ1v) is 7.40. The van der Waals surface area contributed by atoms with Crippen LogP contribution in [0.3, 0.4) is 0 Å². The van der Waals surface area contributed by atoms with E-state index in [0.717, 1.165) is 6.26 Å². The molecule has 1 unspecified atom stereocenters. The molecule has 1 fully saturated rings. The summed E-state index contributed by atoms with van der Waals surface area (Å²) in [5.41, 5.74) is -0.938. The molecule has 0 aliphatic carbocycles. The summed E-state index contributed by atoms with van der Waals surface area (Å²) < 4.78 is 28.0. The van der Waals surface area contributed by atoms with Crippen LogP contribution in [0, 0.1) is 5.92 Å². The van der Waals surface area contributed by atoms with Crippen LogP contribution in [0.5, 0.6) is 0 Å². The Labute approximate surface area is 97.3 Å². The quantitative estimate of drug-likeness (QED) is 0.753. The Hall–Kier alpha value is -0.420. The van der Waals surface area contributed by atoms with E-state index >= 15 is 0 Å². The van der Waals surface area contributed by atoms with E-state index in [4.69, 9.17) is 4.74 Å². The lowest BCUT2D eigenvalue weighted by Crippen LogP contribution is -2.36. The molecule has 0 bridgehead atoms. The second-order valence-corrected chi connectivity index (χ2v) is 7.90. The van der Waals surface area contributed by atoms with Crippen molar-refractivity contribution in [1.29, 1.82) is 0 Å². The van der Waals surface area contributed by atoms with Crippen LogP contribution in [0.15, 0.2) is 0 Å². The molecule has 1 atom stereocenters. The van der Waals surface area contributed by atoms with Gasteiger partial charge < -0.3 is 4.74 Å². The minimum absolute atomic E-state index is 0.238. The molecule has 1 aliphatic rings. The van der Waals surface area contributed by atoms with Gasteiger partial charge in [0.25, 0.3) is 0 Å². The molecule has 0 radical (unpaired) electrons. The van der Waals surface area contributed by atoms with E-state index in [0.29, 0.717) is 6.42 Å². The Bertz CT molecular complexity index is 392. The predicted molar refractivity (Wildman–Crippen MR) is 62.1 cm³/mol. The summed E-state index contributed by atoms with van der Waals surface area (Å²) >= 11 is 0. The monoisotopic (exact) mass is 248 g/mol. The van der Waals surface area contributed by atoms with Gasteiger partial charge in [0.2, 0.25) is 0 Å². The predicted octanol–water partition coefficient (Wildman–Crippen LogP) is 1.19. The van der Waals surface area contributed by atoms with E-state index in [1.54, 1.807) is 0 Å². The number of carbonyl (C=O) groups excluding carboxylic acids is 1. The van der Waals surface area contributed by atoms with Crippen molar-refractivity contribution in [2.45, 2.75) is 45.3 Å². The Balaban J connectivity index is 2.86. The molecule has 16 heavy (non-hydrogen) atoms. The molecule has 1 aliphatic heterocycles. The molecule has 0 aromatic heterocycles. The highest BCUT2D eigenvalue weighted by Gasteiger charge is 2.49. The zero-order valence-electron chi connectivity index (χ0n) is 10.5. The van der Waals surface area contributed by atoms with Crippen molar-refractivity contribution in [2.75, 3.05) is 12.0 Å². The second kappa shape index (κ2) is 3.81. The van der Waals surface area contributed by atoms with Crippen LogP contribution in [0.2, 0.25) is 0 Å². The summed E-state index contributed by atoms with van der Waals surface area (Å²) in [5.74, 6) is -0.962. The summed E-state index contributed by atoms with van der Waals surface area (Å²) in [4.78, 5) is 11.9. The van der Waals surface area contributed by atoms with Gasteiger partial charge in [0.1, 0.15) is 5.75 Å². The van der Waals surface area contributed by atoms with Crippen LogP contribution in [-0.4, -0.2) is 37.4 Å². The van der Waals surface area contributed by atoms with Gasteiger partial charge in [0, 0.05) is 12.2 Å². The van der Waals surface area contributed by atoms with E-state index in [9.17, 15) is 13.2 Å². The third-order valence-corrected chi connectivity index (χ3v) is 3.68. The second-order valence-electron chi connectivity index (χ2n) is 5.76. The first-order chi connectivity index (χ1) is 6.93. The number of ketones is 1. The molecule has 0 saturated carbocycles. The van der Waals surface area contributed by atoms with Crippen molar-refractivity contribution in [1.82, 2.24) is 0 Å². The summed E-state index contributed by atoms with van der Waals surface area (Å²) in [6.45, 7) is 7.52. The molecule has 0 spiro atoms. The zero-order chi connectivity index (χ0) is 12.8. The topological polar surface area (TPSA) is 60.4 Å². The minimum Gasteiger partial charge on any atom is -0.369 e. The normalized spacial score (nSPS) is 27.9. The lowest BCUT2D eigenvalue weighted by atomic mass is 9.84. The molecule has 0 amide bonds. The van der Waals surface area contributed by atoms with Crippen molar-refractivity contribution in [3.63, 3.8) is 0 Å². The van der Waals surface area contributed by atoms with E-state index in [2.05, 4.69) is 0 Å². The molecule has 0 aromatic rings. The molecule has 4 nitrogen and oxygen atoms in total. The van der Waals surface area contributed by atoms with Crippen LogP contribution >= 0.6 is 0 Å². The van der Waals surface area contributed by atoms with Gasteiger partial charge in [-0.05, 0) is 34.1 Å². The standard InChI is InChI=1S/C11H20O4S/c1-10(2)6-8(11(3,4)15-10)9(12)7-16(5,13)14/h8H,6-7H2,1-5H3. The third kappa shape index (κ3) is 3.28. The van der Waals surface area contributed by atoms with Crippen LogP contribution in [0.4, 0.5) is 0 Å². The summed E-state index contributed by atoms with van der Waals surface area (Å²) in [6, 6.07) is 0. The highest BCUT2D eigenvalue weighted by Crippen LogP contribution is 2.42. The Morgan fingerprint density at radius 3 is 2.12 bits per heavy atom. The fraction of sp³-hybridized carbons (Fsp3) is 0.909. The average Bonchev–Trinajstić information content (AvgIpc) is 2.14. The molecular weight excluding hydrogens is 228 g/mol. The maximum absolute atomic E-state index is 11.9. The number of hydrogen-bond acceptors (Lipinski definition) is 4. The SMILES string of the molecule is CC1(C)CC(C(=O)CS(C)(=O)=O)C(C)(C)O1. The van der Waals surface area contributed by atoms with Crippen molar-refractivity contribution in [3.05, 3.63) is 0 Å². The van der Waals surface area contributed by atoms with Crippen molar-refractivity contribution in [2.24, 2.45) is 5.92 Å². The molecule has 0 aromatic carbocycles. The van der Waals surface area contributed by atoms with Crippen LogP contribution < -0.4 is 0 Å². The Morgan fingerprint density at radius 2 is 1.81 bits per heavy atom. The highest BCUT2D eigenvalue weighted by atomic mass is 32.2. The van der Waals surface area contributed by atoms with Gasteiger partial charge >= 0.3 is 0 Å². The average molecular weight is 248 g/mol. The molecule has 1 rings (SSSR count). The van der Waals surface area contributed by atoms with Gasteiger partial charge in [-0.1, -0.05) is 0 Å². The van der Waals surface area contributed by atoms with E-state index in [1.807, 2.05) is 27.7 Å². The smallest absolute Gasteiger partial charge is 0.154 e. The number of hydrogen-bond donors (Lipinski definition) is 0. The highest BCUT2D eigenvalue weighted by molar-refractivity contribution is 7.91. The Morgan fingerprint density at radius 1 is 1.31 bits per heavy atom. The fourth-order valence-corrected chi connectivity index (χ4v) is 3.14. The summed E-state index contributed by atoms with van der Waals surface area (Å²) in [7, 11) is -3.25. The molecule has 0 N–H and O–H groups in total. The number of Topliss-reactive ketones (excluding diaryl/α,β-unsaturated/α-hetero) is 1. The third-order valence-electron chi connectivity index (χ3n) is 2.87. The number of ether oxygens (including phenoxy) is 1.